The minimum atomic E-state index is -0.922. The Kier molecular flexibility index (Phi) is 6.92. The average molecular weight is 291 g/mol. The molecule has 4 nitrogen and oxygen atoms in total. The first-order valence-corrected chi connectivity index (χ1v) is 7.55. The molecule has 21 heavy (non-hydrogen) atoms. The van der Waals surface area contributed by atoms with Crippen LogP contribution in [-0.2, 0) is 11.2 Å². The number of carboxylic acid groups (broad SMARTS) is 1. The van der Waals surface area contributed by atoms with Crippen molar-refractivity contribution in [3.05, 3.63) is 35.4 Å². The predicted molar refractivity (Wildman–Crippen MR) is 83.4 cm³/mol. The molecule has 1 rings (SSSR count). The zero-order valence-electron chi connectivity index (χ0n) is 13.1. The first kappa shape index (κ1) is 17.2. The number of carbonyl (C=O) groups excluding carboxylic acids is 1. The highest BCUT2D eigenvalue weighted by molar-refractivity contribution is 5.87. The van der Waals surface area contributed by atoms with Gasteiger partial charge in [-0.2, -0.15) is 0 Å². The van der Waals surface area contributed by atoms with Crippen LogP contribution < -0.4 is 5.32 Å². The number of rotatable bonds is 8. The fourth-order valence-electron chi connectivity index (χ4n) is 2.35. The molecule has 0 saturated carbocycles. The van der Waals surface area contributed by atoms with Gasteiger partial charge in [0.15, 0.2) is 0 Å². The van der Waals surface area contributed by atoms with Gasteiger partial charge < -0.3 is 10.4 Å². The van der Waals surface area contributed by atoms with Gasteiger partial charge in [0.05, 0.1) is 5.56 Å². The lowest BCUT2D eigenvalue weighted by atomic mass is 9.90. The van der Waals surface area contributed by atoms with Crippen LogP contribution in [0.25, 0.3) is 0 Å². The molecule has 0 radical (unpaired) electrons. The summed E-state index contributed by atoms with van der Waals surface area (Å²) in [5, 5.41) is 11.8. The van der Waals surface area contributed by atoms with Gasteiger partial charge in [-0.05, 0) is 36.5 Å². The predicted octanol–water partition coefficient (Wildman–Crippen LogP) is 3.12. The number of benzene rings is 1. The van der Waals surface area contributed by atoms with Crippen molar-refractivity contribution in [1.29, 1.82) is 0 Å². The van der Waals surface area contributed by atoms with E-state index in [1.165, 1.54) is 0 Å². The molecule has 1 aromatic carbocycles. The van der Waals surface area contributed by atoms with E-state index in [2.05, 4.69) is 26.1 Å². The number of aromatic carboxylic acids is 1. The number of hydrogen-bond donors (Lipinski definition) is 2. The maximum absolute atomic E-state index is 12.1. The molecular weight excluding hydrogens is 266 g/mol. The molecule has 4 heteroatoms. The van der Waals surface area contributed by atoms with Crippen molar-refractivity contribution in [3.63, 3.8) is 0 Å². The smallest absolute Gasteiger partial charge is 0.335 e. The highest BCUT2D eigenvalue weighted by Gasteiger charge is 2.20. The van der Waals surface area contributed by atoms with Crippen molar-refractivity contribution in [2.45, 2.75) is 40.0 Å². The van der Waals surface area contributed by atoms with Crippen LogP contribution in [0.1, 0.15) is 49.5 Å². The van der Waals surface area contributed by atoms with Crippen molar-refractivity contribution in [2.24, 2.45) is 11.8 Å². The van der Waals surface area contributed by atoms with E-state index in [4.69, 9.17) is 5.11 Å². The molecule has 1 aromatic rings. The van der Waals surface area contributed by atoms with Crippen LogP contribution in [0.2, 0.25) is 0 Å². The Morgan fingerprint density at radius 3 is 2.29 bits per heavy atom. The third-order valence-electron chi connectivity index (χ3n) is 3.65. The lowest BCUT2D eigenvalue weighted by molar-refractivity contribution is -0.126. The molecule has 1 atom stereocenters. The van der Waals surface area contributed by atoms with Gasteiger partial charge in [0.25, 0.3) is 0 Å². The number of amides is 1. The van der Waals surface area contributed by atoms with Crippen LogP contribution in [0.5, 0.6) is 0 Å². The Morgan fingerprint density at radius 2 is 1.81 bits per heavy atom. The summed E-state index contributed by atoms with van der Waals surface area (Å²) in [4.78, 5) is 22.9. The number of carbonyl (C=O) groups is 2. The highest BCUT2D eigenvalue weighted by Crippen LogP contribution is 2.17. The third-order valence-corrected chi connectivity index (χ3v) is 3.65. The normalized spacial score (nSPS) is 12.2. The van der Waals surface area contributed by atoms with Crippen LogP contribution in [0.3, 0.4) is 0 Å². The second-order valence-corrected chi connectivity index (χ2v) is 5.68. The summed E-state index contributed by atoms with van der Waals surface area (Å²) in [5.41, 5.74) is 1.31. The summed E-state index contributed by atoms with van der Waals surface area (Å²) in [5.74, 6) is -0.382. The van der Waals surface area contributed by atoms with Crippen LogP contribution in [0.15, 0.2) is 24.3 Å². The molecule has 0 saturated heterocycles. The molecular formula is C17H25NO3. The van der Waals surface area contributed by atoms with Gasteiger partial charge >= 0.3 is 5.97 Å². The second kappa shape index (κ2) is 8.45. The topological polar surface area (TPSA) is 66.4 Å². The van der Waals surface area contributed by atoms with Gasteiger partial charge in [-0.25, -0.2) is 4.79 Å². The van der Waals surface area contributed by atoms with Crippen LogP contribution in [0.4, 0.5) is 0 Å². The molecule has 1 amide bonds. The molecule has 0 aliphatic rings. The molecule has 0 heterocycles. The van der Waals surface area contributed by atoms with E-state index in [1.807, 2.05) is 0 Å². The van der Waals surface area contributed by atoms with Crippen LogP contribution in [-0.4, -0.2) is 23.5 Å². The lowest BCUT2D eigenvalue weighted by Crippen LogP contribution is -2.34. The fraction of sp³-hybridized carbons (Fsp3) is 0.529. The molecule has 0 aliphatic carbocycles. The summed E-state index contributed by atoms with van der Waals surface area (Å²) in [6.45, 7) is 6.82. The van der Waals surface area contributed by atoms with Gasteiger partial charge in [-0.15, -0.1) is 0 Å². The SMILES string of the molecule is CCCC(C(=O)NCCc1ccc(C(=O)O)cc1)C(C)C. The van der Waals surface area contributed by atoms with E-state index in [0.29, 0.717) is 18.9 Å². The van der Waals surface area contributed by atoms with Gasteiger partial charge in [0.2, 0.25) is 5.91 Å². The standard InChI is InChI=1S/C17H25NO3/c1-4-5-15(12(2)3)16(19)18-11-10-13-6-8-14(9-7-13)17(20)21/h6-9,12,15H,4-5,10-11H2,1-3H3,(H,18,19)(H,20,21). The molecule has 0 spiro atoms. The van der Waals surface area contributed by atoms with Gasteiger partial charge in [0, 0.05) is 12.5 Å². The molecule has 0 aliphatic heterocycles. The van der Waals surface area contributed by atoms with Crippen molar-refractivity contribution in [3.8, 4) is 0 Å². The van der Waals surface area contributed by atoms with Crippen LogP contribution in [0, 0.1) is 11.8 Å². The summed E-state index contributed by atoms with van der Waals surface area (Å²) >= 11 is 0. The van der Waals surface area contributed by atoms with Crippen molar-refractivity contribution in [2.75, 3.05) is 6.54 Å². The summed E-state index contributed by atoms with van der Waals surface area (Å²) in [7, 11) is 0. The van der Waals surface area contributed by atoms with E-state index in [0.717, 1.165) is 18.4 Å². The molecule has 0 fully saturated rings. The number of carboxylic acids is 1. The van der Waals surface area contributed by atoms with Gasteiger partial charge in [-0.1, -0.05) is 39.3 Å². The summed E-state index contributed by atoms with van der Waals surface area (Å²) < 4.78 is 0. The van der Waals surface area contributed by atoms with Crippen molar-refractivity contribution in [1.82, 2.24) is 5.32 Å². The highest BCUT2D eigenvalue weighted by atomic mass is 16.4. The maximum atomic E-state index is 12.1. The molecule has 0 aromatic heterocycles. The zero-order chi connectivity index (χ0) is 15.8. The lowest BCUT2D eigenvalue weighted by Gasteiger charge is -2.19. The van der Waals surface area contributed by atoms with Crippen molar-refractivity contribution < 1.29 is 14.7 Å². The first-order valence-electron chi connectivity index (χ1n) is 7.55. The molecule has 0 bridgehead atoms. The minimum Gasteiger partial charge on any atom is -0.478 e. The summed E-state index contributed by atoms with van der Waals surface area (Å²) in [6.07, 6.45) is 2.63. The number of hydrogen-bond acceptors (Lipinski definition) is 2. The van der Waals surface area contributed by atoms with Gasteiger partial charge in [-0.3, -0.25) is 4.79 Å². The Labute approximate surface area is 126 Å². The average Bonchev–Trinajstić information content (AvgIpc) is 2.44. The molecule has 116 valence electrons. The van der Waals surface area contributed by atoms with Crippen LogP contribution >= 0.6 is 0 Å². The zero-order valence-corrected chi connectivity index (χ0v) is 13.1. The minimum absolute atomic E-state index is 0.0735. The largest absolute Gasteiger partial charge is 0.478 e. The Bertz CT molecular complexity index is 465. The Hall–Kier alpha value is -1.84. The van der Waals surface area contributed by atoms with E-state index in [9.17, 15) is 9.59 Å². The summed E-state index contributed by atoms with van der Waals surface area (Å²) in [6, 6.07) is 6.77. The van der Waals surface area contributed by atoms with Gasteiger partial charge in [0.1, 0.15) is 0 Å². The van der Waals surface area contributed by atoms with E-state index >= 15 is 0 Å². The van der Waals surface area contributed by atoms with E-state index < -0.39 is 5.97 Å². The maximum Gasteiger partial charge on any atom is 0.335 e. The van der Waals surface area contributed by atoms with E-state index in [-0.39, 0.29) is 17.4 Å². The van der Waals surface area contributed by atoms with E-state index in [1.54, 1.807) is 24.3 Å². The first-order chi connectivity index (χ1) is 9.95. The fourth-order valence-corrected chi connectivity index (χ4v) is 2.35. The Balaban J connectivity index is 2.45. The van der Waals surface area contributed by atoms with Crippen molar-refractivity contribution >= 4 is 11.9 Å². The quantitative estimate of drug-likeness (QED) is 0.773. The monoisotopic (exact) mass is 291 g/mol. The molecule has 2 N–H and O–H groups in total. The molecule has 1 unspecified atom stereocenters. The third kappa shape index (κ3) is 5.58. The Morgan fingerprint density at radius 1 is 1.19 bits per heavy atom. The second-order valence-electron chi connectivity index (χ2n) is 5.68. The number of nitrogens with one attached hydrogen (secondary N) is 1.